The molecular weight excluding hydrogens is 202 g/mol. The van der Waals surface area contributed by atoms with Gasteiger partial charge in [0.2, 0.25) is 0 Å². The molecule has 1 saturated heterocycles. The van der Waals surface area contributed by atoms with Crippen molar-refractivity contribution in [3.63, 3.8) is 0 Å². The van der Waals surface area contributed by atoms with Crippen molar-refractivity contribution in [1.82, 2.24) is 0 Å². The van der Waals surface area contributed by atoms with E-state index in [9.17, 15) is 5.11 Å². The van der Waals surface area contributed by atoms with E-state index in [0.29, 0.717) is 5.75 Å². The summed E-state index contributed by atoms with van der Waals surface area (Å²) in [5.41, 5.74) is 7.05. The van der Waals surface area contributed by atoms with Gasteiger partial charge in [-0.3, -0.25) is 0 Å². The number of rotatable bonds is 3. The van der Waals surface area contributed by atoms with Crippen molar-refractivity contribution in [1.29, 1.82) is 0 Å². The van der Waals surface area contributed by atoms with E-state index >= 15 is 0 Å². The average Bonchev–Trinajstić information content (AvgIpc) is 2.66. The lowest BCUT2D eigenvalue weighted by Crippen LogP contribution is -2.46. The Labute approximate surface area is 96.2 Å². The van der Waals surface area contributed by atoms with Crippen LogP contribution in [-0.4, -0.2) is 23.4 Å². The van der Waals surface area contributed by atoms with Crippen LogP contribution in [0.25, 0.3) is 0 Å². The van der Waals surface area contributed by atoms with Crippen LogP contribution < -0.4 is 5.73 Å². The van der Waals surface area contributed by atoms with Gasteiger partial charge in [0.05, 0.1) is 5.60 Å². The average molecular weight is 221 g/mol. The van der Waals surface area contributed by atoms with Crippen molar-refractivity contribution >= 4 is 0 Å². The van der Waals surface area contributed by atoms with Gasteiger partial charge in [0, 0.05) is 12.6 Å². The van der Waals surface area contributed by atoms with Crippen molar-refractivity contribution in [3.05, 3.63) is 29.8 Å². The topological polar surface area (TPSA) is 55.5 Å². The summed E-state index contributed by atoms with van der Waals surface area (Å²) in [5, 5.41) is 9.38. The lowest BCUT2D eigenvalue weighted by molar-refractivity contribution is -0.000915. The Morgan fingerprint density at radius 2 is 2.38 bits per heavy atom. The number of ether oxygens (including phenoxy) is 1. The summed E-state index contributed by atoms with van der Waals surface area (Å²) in [7, 11) is 0. The van der Waals surface area contributed by atoms with Gasteiger partial charge in [-0.05, 0) is 43.9 Å². The van der Waals surface area contributed by atoms with Gasteiger partial charge < -0.3 is 15.6 Å². The Morgan fingerprint density at radius 1 is 1.56 bits per heavy atom. The molecule has 0 aromatic heterocycles. The molecule has 1 aliphatic heterocycles. The minimum atomic E-state index is -0.203. The fourth-order valence-corrected chi connectivity index (χ4v) is 2.25. The highest BCUT2D eigenvalue weighted by Crippen LogP contribution is 2.29. The Balaban J connectivity index is 2.04. The maximum absolute atomic E-state index is 9.38. The zero-order valence-electron chi connectivity index (χ0n) is 9.65. The molecule has 2 atom stereocenters. The van der Waals surface area contributed by atoms with E-state index in [2.05, 4.69) is 6.92 Å². The number of nitrogens with two attached hydrogens (primary N) is 1. The van der Waals surface area contributed by atoms with E-state index in [-0.39, 0.29) is 11.6 Å². The summed E-state index contributed by atoms with van der Waals surface area (Å²) in [6.45, 7) is 2.89. The highest BCUT2D eigenvalue weighted by atomic mass is 16.5. The summed E-state index contributed by atoms with van der Waals surface area (Å²) < 4.78 is 5.72. The number of benzene rings is 1. The number of hydrogen-bond donors (Lipinski definition) is 2. The van der Waals surface area contributed by atoms with Gasteiger partial charge in [0.1, 0.15) is 5.75 Å². The highest BCUT2D eigenvalue weighted by Gasteiger charge is 2.36. The molecule has 3 nitrogen and oxygen atoms in total. The van der Waals surface area contributed by atoms with Gasteiger partial charge in [-0.2, -0.15) is 0 Å². The molecule has 0 radical (unpaired) electrons. The third kappa shape index (κ3) is 2.36. The fourth-order valence-electron chi connectivity index (χ4n) is 2.25. The molecule has 1 heterocycles. The predicted molar refractivity (Wildman–Crippen MR) is 63.4 cm³/mol. The molecule has 0 amide bonds. The first-order chi connectivity index (χ1) is 7.60. The van der Waals surface area contributed by atoms with Crippen molar-refractivity contribution in [3.8, 4) is 5.75 Å². The molecule has 1 aliphatic rings. The monoisotopic (exact) mass is 221 g/mol. The van der Waals surface area contributed by atoms with E-state index in [1.165, 1.54) is 0 Å². The van der Waals surface area contributed by atoms with Crippen molar-refractivity contribution in [2.75, 3.05) is 6.61 Å². The first-order valence-corrected chi connectivity index (χ1v) is 5.78. The van der Waals surface area contributed by atoms with Crippen molar-refractivity contribution < 1.29 is 9.84 Å². The molecule has 0 aliphatic carbocycles. The summed E-state index contributed by atoms with van der Waals surface area (Å²) in [5.74, 6) is 0.294. The van der Waals surface area contributed by atoms with Crippen molar-refractivity contribution in [2.24, 2.45) is 5.73 Å². The van der Waals surface area contributed by atoms with Crippen LogP contribution in [0.3, 0.4) is 0 Å². The second-order valence-corrected chi connectivity index (χ2v) is 4.75. The molecular formula is C13H19NO2. The molecule has 3 heteroatoms. The van der Waals surface area contributed by atoms with Crippen LogP contribution >= 0.6 is 0 Å². The molecule has 0 saturated carbocycles. The quantitative estimate of drug-likeness (QED) is 0.818. The number of phenols is 1. The molecule has 3 N–H and O–H groups in total. The van der Waals surface area contributed by atoms with Crippen LogP contribution in [0.4, 0.5) is 0 Å². The number of aromatic hydroxyl groups is 1. The zero-order valence-corrected chi connectivity index (χ0v) is 9.65. The van der Waals surface area contributed by atoms with Gasteiger partial charge in [-0.1, -0.05) is 12.1 Å². The molecule has 1 aromatic carbocycles. The standard InChI is InChI=1S/C13H19NO2/c1-13(6-3-7-16-13)12(14)9-10-4-2-5-11(15)8-10/h2,4-5,8,12,15H,3,6-7,9,14H2,1H3. The second kappa shape index (κ2) is 4.44. The fraction of sp³-hybridized carbons (Fsp3) is 0.538. The van der Waals surface area contributed by atoms with Crippen LogP contribution in [0, 0.1) is 0 Å². The smallest absolute Gasteiger partial charge is 0.115 e. The van der Waals surface area contributed by atoms with Gasteiger partial charge in [0.15, 0.2) is 0 Å². The third-order valence-corrected chi connectivity index (χ3v) is 3.40. The lowest BCUT2D eigenvalue weighted by atomic mass is 9.89. The summed E-state index contributed by atoms with van der Waals surface area (Å²) in [4.78, 5) is 0. The molecule has 16 heavy (non-hydrogen) atoms. The molecule has 1 fully saturated rings. The Bertz CT molecular complexity index is 359. The number of phenolic OH excluding ortho intramolecular Hbond substituents is 1. The summed E-state index contributed by atoms with van der Waals surface area (Å²) in [6.07, 6.45) is 2.85. The maximum Gasteiger partial charge on any atom is 0.115 e. The van der Waals surface area contributed by atoms with E-state index in [1.54, 1.807) is 12.1 Å². The van der Waals surface area contributed by atoms with Gasteiger partial charge >= 0.3 is 0 Å². The Morgan fingerprint density at radius 3 is 3.00 bits per heavy atom. The summed E-state index contributed by atoms with van der Waals surface area (Å²) >= 11 is 0. The zero-order chi connectivity index (χ0) is 11.6. The van der Waals surface area contributed by atoms with Gasteiger partial charge in [-0.15, -0.1) is 0 Å². The first-order valence-electron chi connectivity index (χ1n) is 5.78. The van der Waals surface area contributed by atoms with Gasteiger partial charge in [-0.25, -0.2) is 0 Å². The van der Waals surface area contributed by atoms with Crippen LogP contribution in [0.5, 0.6) is 5.75 Å². The Hall–Kier alpha value is -1.06. The van der Waals surface area contributed by atoms with Crippen LogP contribution in [-0.2, 0) is 11.2 Å². The minimum Gasteiger partial charge on any atom is -0.508 e. The molecule has 2 unspecified atom stereocenters. The van der Waals surface area contributed by atoms with E-state index in [0.717, 1.165) is 31.4 Å². The number of hydrogen-bond acceptors (Lipinski definition) is 3. The van der Waals surface area contributed by atoms with Crippen LogP contribution in [0.2, 0.25) is 0 Å². The molecule has 1 aromatic rings. The lowest BCUT2D eigenvalue weighted by Gasteiger charge is -2.30. The first kappa shape index (κ1) is 11.4. The Kier molecular flexibility index (Phi) is 3.17. The second-order valence-electron chi connectivity index (χ2n) is 4.75. The molecule has 0 spiro atoms. The largest absolute Gasteiger partial charge is 0.508 e. The van der Waals surface area contributed by atoms with Gasteiger partial charge in [0.25, 0.3) is 0 Å². The SMILES string of the molecule is CC1(C(N)Cc2cccc(O)c2)CCCO1. The minimum absolute atomic E-state index is 0.0169. The highest BCUT2D eigenvalue weighted by molar-refractivity contribution is 5.28. The van der Waals surface area contributed by atoms with Crippen LogP contribution in [0.1, 0.15) is 25.3 Å². The van der Waals surface area contributed by atoms with Crippen LogP contribution in [0.15, 0.2) is 24.3 Å². The summed E-state index contributed by atoms with van der Waals surface area (Å²) in [6, 6.07) is 7.24. The normalized spacial score (nSPS) is 26.9. The maximum atomic E-state index is 9.38. The predicted octanol–water partition coefficient (Wildman–Crippen LogP) is 1.83. The molecule has 2 rings (SSSR count). The third-order valence-electron chi connectivity index (χ3n) is 3.40. The molecule has 88 valence electrons. The van der Waals surface area contributed by atoms with E-state index < -0.39 is 0 Å². The molecule has 0 bridgehead atoms. The van der Waals surface area contributed by atoms with E-state index in [1.807, 2.05) is 12.1 Å². The van der Waals surface area contributed by atoms with Crippen molar-refractivity contribution in [2.45, 2.75) is 37.8 Å². The van der Waals surface area contributed by atoms with E-state index in [4.69, 9.17) is 10.5 Å².